The molecule has 10 heteroatoms. The number of hydrogen-bond acceptors (Lipinski definition) is 0. The molecule has 0 aliphatic rings. The zero-order valence-electron chi connectivity index (χ0n) is 12.1. The third-order valence-corrected chi connectivity index (χ3v) is 3.41. The Morgan fingerprint density at radius 1 is 0.850 bits per heavy atom. The molecule has 0 aliphatic carbocycles. The lowest BCUT2D eigenvalue weighted by atomic mass is 9.22. The van der Waals surface area contributed by atoms with Crippen LogP contribution in [0.3, 0.4) is 0 Å². The van der Waals surface area contributed by atoms with Crippen LogP contribution in [0.5, 0.6) is 0 Å². The molecule has 15 radical (unpaired) electrons. The van der Waals surface area contributed by atoms with Crippen LogP contribution in [0.1, 0.15) is 0 Å². The Hall–Kier alpha value is 0.129. The van der Waals surface area contributed by atoms with Crippen molar-refractivity contribution >= 4 is 75.6 Å². The molecular formula is C10H13B10. The average Bonchev–Trinajstić information content (AvgIpc) is 2.49. The van der Waals surface area contributed by atoms with Gasteiger partial charge in [-0.15, -0.1) is 48.0 Å². The number of allylic oxidation sites excluding steroid dienone is 3. The molecule has 0 atom stereocenters. The van der Waals surface area contributed by atoms with Crippen molar-refractivity contribution in [2.45, 2.75) is 37.4 Å². The summed E-state index contributed by atoms with van der Waals surface area (Å²) >= 11 is 0. The van der Waals surface area contributed by atoms with E-state index in [0.717, 1.165) is 16.4 Å². The summed E-state index contributed by atoms with van der Waals surface area (Å²) in [5.41, 5.74) is 2.70. The van der Waals surface area contributed by atoms with Crippen LogP contribution in [0, 0.1) is 0 Å². The lowest BCUT2D eigenvalue weighted by molar-refractivity contribution is 1.50. The van der Waals surface area contributed by atoms with Crippen LogP contribution in [-0.4, -0.2) is 75.6 Å². The summed E-state index contributed by atoms with van der Waals surface area (Å²) < 4.78 is 0. The minimum absolute atomic E-state index is 0.0493. The number of rotatable bonds is 10. The first-order valence-corrected chi connectivity index (χ1v) is 6.83. The van der Waals surface area contributed by atoms with Crippen molar-refractivity contribution in [1.29, 1.82) is 0 Å². The van der Waals surface area contributed by atoms with Crippen LogP contribution in [0.4, 0.5) is 0 Å². The Morgan fingerprint density at radius 2 is 1.35 bits per heavy atom. The van der Waals surface area contributed by atoms with E-state index in [4.69, 9.17) is 54.9 Å². The van der Waals surface area contributed by atoms with E-state index in [1.807, 2.05) is 7.28 Å². The molecule has 20 heavy (non-hydrogen) atoms. The summed E-state index contributed by atoms with van der Waals surface area (Å²) in [6.07, 6.45) is 2.30. The molecule has 0 fully saturated rings. The van der Waals surface area contributed by atoms with Crippen molar-refractivity contribution in [2.75, 3.05) is 0 Å². The predicted molar refractivity (Wildman–Crippen MR) is 101 cm³/mol. The molecule has 0 saturated heterocycles. The van der Waals surface area contributed by atoms with Gasteiger partial charge in [-0.1, -0.05) is 11.8 Å². The van der Waals surface area contributed by atoms with Gasteiger partial charge >= 0.3 is 0 Å². The van der Waals surface area contributed by atoms with Gasteiger partial charge in [0.05, 0.1) is 47.1 Å². The first kappa shape index (κ1) is 20.1. The van der Waals surface area contributed by atoms with Crippen molar-refractivity contribution in [3.8, 4) is 0 Å². The quantitative estimate of drug-likeness (QED) is 0.364. The van der Waals surface area contributed by atoms with Gasteiger partial charge in [0.2, 0.25) is 0 Å². The summed E-state index contributed by atoms with van der Waals surface area (Å²) in [6, 6.07) is 0. The minimum Gasteiger partial charge on any atom is -0.138 e. The van der Waals surface area contributed by atoms with Gasteiger partial charge in [-0.25, -0.2) is 0 Å². The largest absolute Gasteiger partial charge is 0.157 e. The Balaban J connectivity index is 5.83. The van der Waals surface area contributed by atoms with E-state index < -0.39 is 0 Å². The van der Waals surface area contributed by atoms with E-state index in [1.54, 1.807) is 0 Å². The van der Waals surface area contributed by atoms with E-state index >= 15 is 0 Å². The SMILES string of the molecule is [B]/C=C(B(C[B])C[B])/C(B(C[B])C[B])=C(/[B]C[B])C[B]. The fourth-order valence-corrected chi connectivity index (χ4v) is 2.26. The van der Waals surface area contributed by atoms with Gasteiger partial charge in [0.25, 0.3) is 0 Å². The Labute approximate surface area is 135 Å². The fourth-order valence-electron chi connectivity index (χ4n) is 2.26. The highest BCUT2D eigenvalue weighted by atomic mass is 14.0. The second-order valence-corrected chi connectivity index (χ2v) is 4.54. The summed E-state index contributed by atoms with van der Waals surface area (Å²) in [6.45, 7) is -0.102. The maximum absolute atomic E-state index is 5.83. The minimum atomic E-state index is -0.0525. The zero-order chi connectivity index (χ0) is 15.5. The van der Waals surface area contributed by atoms with Crippen LogP contribution < -0.4 is 0 Å². The molecular weight excluding hydrogens is 228 g/mol. The van der Waals surface area contributed by atoms with Crippen LogP contribution in [0.15, 0.2) is 22.4 Å². The topological polar surface area (TPSA) is 0 Å². The lowest BCUT2D eigenvalue weighted by Crippen LogP contribution is -2.29. The van der Waals surface area contributed by atoms with Crippen LogP contribution in [0.2, 0.25) is 37.4 Å². The molecule has 0 amide bonds. The summed E-state index contributed by atoms with van der Waals surface area (Å²) in [7, 11) is 42.2. The highest BCUT2D eigenvalue weighted by Gasteiger charge is 2.24. The van der Waals surface area contributed by atoms with Gasteiger partial charge in [-0.05, 0) is 0 Å². The van der Waals surface area contributed by atoms with E-state index in [9.17, 15) is 0 Å². The summed E-state index contributed by atoms with van der Waals surface area (Å²) in [4.78, 5) is 0. The van der Waals surface area contributed by atoms with Crippen molar-refractivity contribution in [3.05, 3.63) is 22.4 Å². The van der Waals surface area contributed by atoms with Crippen LogP contribution in [0.25, 0.3) is 0 Å². The average molecular weight is 241 g/mol. The molecule has 0 aromatic carbocycles. The lowest BCUT2D eigenvalue weighted by Gasteiger charge is -2.27. The van der Waals surface area contributed by atoms with E-state index in [1.165, 1.54) is 5.98 Å². The van der Waals surface area contributed by atoms with Crippen molar-refractivity contribution in [1.82, 2.24) is 0 Å². The maximum Gasteiger partial charge on any atom is 0.157 e. The molecule has 0 aliphatic heterocycles. The summed E-state index contributed by atoms with van der Waals surface area (Å²) in [5, 5.41) is 0. The molecule has 0 rings (SSSR count). The Kier molecular flexibility index (Phi) is 11.8. The molecule has 83 valence electrons. The molecule has 0 heterocycles. The second-order valence-electron chi connectivity index (χ2n) is 4.54. The van der Waals surface area contributed by atoms with Crippen LogP contribution >= 0.6 is 0 Å². The molecule has 0 bridgehead atoms. The standard InChI is InChI=1S/C10H13B10/c11-1-8(18-3-13)10(20(6-16)7-17)9(2-12)19(4-14)5-15/h2H,1,3-7H2/b9-2-,10-8-. The first-order valence-electron chi connectivity index (χ1n) is 6.83. The molecule has 0 unspecified atom stereocenters. The van der Waals surface area contributed by atoms with Gasteiger partial charge in [-0.3, -0.25) is 0 Å². The fraction of sp³-hybridized carbons (Fsp3) is 0.600. The molecule has 0 aromatic heterocycles. The third kappa shape index (κ3) is 5.49. The van der Waals surface area contributed by atoms with Crippen molar-refractivity contribution in [2.24, 2.45) is 0 Å². The van der Waals surface area contributed by atoms with Gasteiger partial charge < -0.3 is 0 Å². The molecule has 0 nitrogen and oxygen atoms in total. The third-order valence-electron chi connectivity index (χ3n) is 3.41. The van der Waals surface area contributed by atoms with E-state index in [-0.39, 0.29) is 13.4 Å². The Bertz CT molecular complexity index is 318. The zero-order valence-corrected chi connectivity index (χ0v) is 12.1. The number of hydrogen-bond donors (Lipinski definition) is 0. The van der Waals surface area contributed by atoms with E-state index in [0.29, 0.717) is 37.4 Å². The van der Waals surface area contributed by atoms with Gasteiger partial charge in [0.1, 0.15) is 15.1 Å². The second kappa shape index (κ2) is 11.8. The van der Waals surface area contributed by atoms with Gasteiger partial charge in [-0.2, -0.15) is 0 Å². The molecule has 0 N–H and O–H groups in total. The molecule has 0 aromatic rings. The van der Waals surface area contributed by atoms with Crippen molar-refractivity contribution in [3.63, 3.8) is 0 Å². The summed E-state index contributed by atoms with van der Waals surface area (Å²) in [5.74, 6) is 1.53. The highest BCUT2D eigenvalue weighted by Crippen LogP contribution is 2.26. The predicted octanol–water partition coefficient (Wildman–Crippen LogP) is -0.300. The van der Waals surface area contributed by atoms with Crippen molar-refractivity contribution < 1.29 is 0 Å². The van der Waals surface area contributed by atoms with Gasteiger partial charge in [0, 0.05) is 0 Å². The molecule has 0 spiro atoms. The maximum atomic E-state index is 5.83. The Morgan fingerprint density at radius 3 is 1.65 bits per heavy atom. The van der Waals surface area contributed by atoms with E-state index in [2.05, 4.69) is 0 Å². The monoisotopic (exact) mass is 243 g/mol. The highest BCUT2D eigenvalue weighted by molar-refractivity contribution is 6.86. The van der Waals surface area contributed by atoms with Gasteiger partial charge in [0.15, 0.2) is 13.4 Å². The normalized spacial score (nSPS) is 12.7. The van der Waals surface area contributed by atoms with Crippen LogP contribution in [-0.2, 0) is 0 Å². The first-order chi connectivity index (χ1) is 9.64. The smallest absolute Gasteiger partial charge is 0.138 e. The molecule has 0 saturated carbocycles.